The number of ether oxygens (including phenoxy) is 1. The SMILES string of the molecule is CC(=O)Nc1nc(F)c(CN2C[C@@]3(Cc4ccncc4O3)C[C@@H]2C)s1. The van der Waals surface area contributed by atoms with Crippen LogP contribution in [0.15, 0.2) is 18.5 Å². The molecule has 2 aliphatic heterocycles. The zero-order valence-corrected chi connectivity index (χ0v) is 14.9. The second kappa shape index (κ2) is 6.03. The van der Waals surface area contributed by atoms with Gasteiger partial charge in [0.05, 0.1) is 11.1 Å². The molecule has 132 valence electrons. The fraction of sp³-hybridized carbons (Fsp3) is 0.471. The summed E-state index contributed by atoms with van der Waals surface area (Å²) in [7, 11) is 0. The molecular weight excluding hydrogens is 343 g/mol. The highest BCUT2D eigenvalue weighted by Crippen LogP contribution is 2.42. The third kappa shape index (κ3) is 3.11. The van der Waals surface area contributed by atoms with Crippen molar-refractivity contribution in [2.75, 3.05) is 11.9 Å². The van der Waals surface area contributed by atoms with Gasteiger partial charge >= 0.3 is 0 Å². The molecular formula is C17H19FN4O2S. The van der Waals surface area contributed by atoms with Gasteiger partial charge in [0.25, 0.3) is 0 Å². The number of nitrogens with zero attached hydrogens (tertiary/aromatic N) is 3. The number of halogens is 1. The topological polar surface area (TPSA) is 67.4 Å². The van der Waals surface area contributed by atoms with Crippen molar-refractivity contribution in [2.24, 2.45) is 0 Å². The van der Waals surface area contributed by atoms with Crippen molar-refractivity contribution in [1.29, 1.82) is 0 Å². The number of hydrogen-bond acceptors (Lipinski definition) is 6. The third-order valence-electron chi connectivity index (χ3n) is 4.77. The van der Waals surface area contributed by atoms with Gasteiger partial charge in [-0.1, -0.05) is 11.3 Å². The van der Waals surface area contributed by atoms with E-state index in [9.17, 15) is 9.18 Å². The largest absolute Gasteiger partial charge is 0.484 e. The zero-order chi connectivity index (χ0) is 17.6. The molecule has 2 aliphatic rings. The summed E-state index contributed by atoms with van der Waals surface area (Å²) < 4.78 is 20.3. The van der Waals surface area contributed by atoms with Crippen molar-refractivity contribution in [2.45, 2.75) is 44.9 Å². The molecule has 0 radical (unpaired) electrons. The third-order valence-corrected chi connectivity index (χ3v) is 5.70. The van der Waals surface area contributed by atoms with Crippen LogP contribution in [0.4, 0.5) is 9.52 Å². The van der Waals surface area contributed by atoms with Crippen LogP contribution < -0.4 is 10.1 Å². The predicted molar refractivity (Wildman–Crippen MR) is 92.2 cm³/mol. The van der Waals surface area contributed by atoms with E-state index in [0.29, 0.717) is 16.6 Å². The maximum Gasteiger partial charge on any atom is 0.230 e. The lowest BCUT2D eigenvalue weighted by Gasteiger charge is -2.23. The second-order valence-corrected chi connectivity index (χ2v) is 7.90. The average Bonchev–Trinajstić information content (AvgIpc) is 3.15. The first-order chi connectivity index (χ1) is 11.9. The van der Waals surface area contributed by atoms with Crippen molar-refractivity contribution >= 4 is 22.4 Å². The molecule has 8 heteroatoms. The first-order valence-electron chi connectivity index (χ1n) is 8.23. The minimum absolute atomic E-state index is 0.250. The molecule has 1 amide bonds. The van der Waals surface area contributed by atoms with Crippen molar-refractivity contribution < 1.29 is 13.9 Å². The molecule has 25 heavy (non-hydrogen) atoms. The summed E-state index contributed by atoms with van der Waals surface area (Å²) in [4.78, 5) is 21.8. The van der Waals surface area contributed by atoms with Crippen LogP contribution in [0.5, 0.6) is 5.75 Å². The smallest absolute Gasteiger partial charge is 0.230 e. The Kier molecular flexibility index (Phi) is 3.96. The van der Waals surface area contributed by atoms with E-state index in [-0.39, 0.29) is 17.6 Å². The minimum Gasteiger partial charge on any atom is -0.484 e. The van der Waals surface area contributed by atoms with Gasteiger partial charge in [-0.15, -0.1) is 0 Å². The van der Waals surface area contributed by atoms with E-state index < -0.39 is 5.95 Å². The summed E-state index contributed by atoms with van der Waals surface area (Å²) in [5.74, 6) is 0.0923. The van der Waals surface area contributed by atoms with Crippen LogP contribution >= 0.6 is 11.3 Å². The summed E-state index contributed by atoms with van der Waals surface area (Å²) >= 11 is 1.18. The Morgan fingerprint density at radius 3 is 3.20 bits per heavy atom. The summed E-state index contributed by atoms with van der Waals surface area (Å²) in [6, 6.07) is 2.27. The van der Waals surface area contributed by atoms with Crippen LogP contribution in [-0.2, 0) is 17.8 Å². The molecule has 0 saturated carbocycles. The number of carbonyl (C=O) groups excluding carboxylic acids is 1. The lowest BCUT2D eigenvalue weighted by atomic mass is 9.95. The van der Waals surface area contributed by atoms with Crippen molar-refractivity contribution in [1.82, 2.24) is 14.9 Å². The van der Waals surface area contributed by atoms with Gasteiger partial charge in [-0.05, 0) is 13.0 Å². The Labute approximate surface area is 149 Å². The average molecular weight is 362 g/mol. The number of amides is 1. The van der Waals surface area contributed by atoms with Crippen LogP contribution in [0, 0.1) is 5.95 Å². The second-order valence-electron chi connectivity index (χ2n) is 6.82. The highest BCUT2D eigenvalue weighted by molar-refractivity contribution is 7.15. The van der Waals surface area contributed by atoms with E-state index in [2.05, 4.69) is 27.1 Å². The predicted octanol–water partition coefficient (Wildman–Crippen LogP) is 2.60. The standard InChI is InChI=1S/C17H19FN4O2S/c1-10-5-17(6-12-3-4-19-7-13(12)24-17)9-22(10)8-14-15(18)21-16(25-14)20-11(2)23/h3-4,7,10H,5-6,8-9H2,1-2H3,(H,20,21,23)/t10-,17-/m0/s1. The normalized spacial score (nSPS) is 25.2. The van der Waals surface area contributed by atoms with E-state index in [0.717, 1.165) is 25.1 Å². The Hall–Kier alpha value is -2.06. The molecule has 2 aromatic heterocycles. The number of hydrogen-bond donors (Lipinski definition) is 1. The molecule has 4 heterocycles. The van der Waals surface area contributed by atoms with E-state index >= 15 is 0 Å². The van der Waals surface area contributed by atoms with Crippen LogP contribution in [0.1, 0.15) is 30.7 Å². The monoisotopic (exact) mass is 362 g/mol. The number of nitrogens with one attached hydrogen (secondary N) is 1. The Bertz CT molecular complexity index is 800. The highest BCUT2D eigenvalue weighted by atomic mass is 32.1. The summed E-state index contributed by atoms with van der Waals surface area (Å²) in [5, 5.41) is 2.84. The fourth-order valence-electron chi connectivity index (χ4n) is 3.75. The number of aromatic nitrogens is 2. The molecule has 2 aromatic rings. The summed E-state index contributed by atoms with van der Waals surface area (Å²) in [6.45, 7) is 4.71. The molecule has 2 atom stereocenters. The van der Waals surface area contributed by atoms with Gasteiger partial charge in [-0.25, -0.2) is 0 Å². The molecule has 1 N–H and O–H groups in total. The number of likely N-dealkylation sites (tertiary alicyclic amines) is 1. The Morgan fingerprint density at radius 2 is 2.44 bits per heavy atom. The molecule has 1 fully saturated rings. The number of fused-ring (bicyclic) bond motifs is 1. The van der Waals surface area contributed by atoms with Gasteiger partial charge in [0.15, 0.2) is 5.13 Å². The van der Waals surface area contributed by atoms with Gasteiger partial charge in [-0.3, -0.25) is 14.7 Å². The van der Waals surface area contributed by atoms with Crippen LogP contribution in [0.2, 0.25) is 0 Å². The molecule has 1 spiro atoms. The van der Waals surface area contributed by atoms with Crippen molar-refractivity contribution in [3.63, 3.8) is 0 Å². The van der Waals surface area contributed by atoms with E-state index in [1.165, 1.54) is 23.8 Å². The first kappa shape index (κ1) is 16.4. The number of anilines is 1. The number of rotatable bonds is 3. The fourth-order valence-corrected chi connectivity index (χ4v) is 4.67. The molecule has 4 rings (SSSR count). The van der Waals surface area contributed by atoms with Gasteiger partial charge in [0, 0.05) is 50.7 Å². The quantitative estimate of drug-likeness (QED) is 0.909. The van der Waals surface area contributed by atoms with E-state index in [1.54, 1.807) is 12.4 Å². The van der Waals surface area contributed by atoms with Gasteiger partial charge < -0.3 is 10.1 Å². The summed E-state index contributed by atoms with van der Waals surface area (Å²) in [6.07, 6.45) is 5.29. The molecule has 0 unspecified atom stereocenters. The number of thiazole rings is 1. The Balaban J connectivity index is 1.48. The number of carbonyl (C=O) groups is 1. The lowest BCUT2D eigenvalue weighted by molar-refractivity contribution is -0.114. The maximum atomic E-state index is 14.1. The molecule has 0 bridgehead atoms. The van der Waals surface area contributed by atoms with Gasteiger partial charge in [0.2, 0.25) is 11.9 Å². The van der Waals surface area contributed by atoms with Crippen molar-refractivity contribution in [3.05, 3.63) is 34.8 Å². The molecule has 0 aliphatic carbocycles. The van der Waals surface area contributed by atoms with Crippen LogP contribution in [0.3, 0.4) is 0 Å². The van der Waals surface area contributed by atoms with Crippen LogP contribution in [0.25, 0.3) is 0 Å². The minimum atomic E-state index is -0.512. The van der Waals surface area contributed by atoms with E-state index in [4.69, 9.17) is 4.74 Å². The maximum absolute atomic E-state index is 14.1. The zero-order valence-electron chi connectivity index (χ0n) is 14.1. The molecule has 0 aromatic carbocycles. The van der Waals surface area contributed by atoms with Crippen molar-refractivity contribution in [3.8, 4) is 5.75 Å². The molecule has 6 nitrogen and oxygen atoms in total. The summed E-state index contributed by atoms with van der Waals surface area (Å²) in [5.41, 5.74) is 0.924. The lowest BCUT2D eigenvalue weighted by Crippen LogP contribution is -2.37. The molecule has 1 saturated heterocycles. The van der Waals surface area contributed by atoms with E-state index in [1.807, 2.05) is 6.07 Å². The van der Waals surface area contributed by atoms with Crippen LogP contribution in [-0.4, -0.2) is 39.0 Å². The van der Waals surface area contributed by atoms with Gasteiger partial charge in [0.1, 0.15) is 11.4 Å². The highest BCUT2D eigenvalue weighted by Gasteiger charge is 2.48. The number of pyridine rings is 1. The first-order valence-corrected chi connectivity index (χ1v) is 9.04. The van der Waals surface area contributed by atoms with Gasteiger partial charge in [-0.2, -0.15) is 9.37 Å². The Morgan fingerprint density at radius 1 is 1.60 bits per heavy atom.